The Morgan fingerprint density at radius 1 is 1.08 bits per heavy atom. The fourth-order valence-electron chi connectivity index (χ4n) is 5.17. The first kappa shape index (κ1) is 24.0. The third-order valence-electron chi connectivity index (χ3n) is 7.20. The average molecular weight is 526 g/mol. The Bertz CT molecular complexity index is 1210. The minimum absolute atomic E-state index is 0.357. The molecule has 2 aromatic heterocycles. The SMILES string of the molecule is Clc1cc(NC2CCOCC2)c2[nH]c(C3=N[C@H](CCN4CCN(c5ncccn5)CC4)CS3)cc2c1. The summed E-state index contributed by atoms with van der Waals surface area (Å²) < 4.78 is 5.51. The van der Waals surface area contributed by atoms with Gasteiger partial charge in [-0.3, -0.25) is 9.89 Å². The van der Waals surface area contributed by atoms with Crippen LogP contribution in [-0.2, 0) is 4.74 Å². The predicted octanol–water partition coefficient (Wildman–Crippen LogP) is 4.28. The molecule has 8 nitrogen and oxygen atoms in total. The Hall–Kier alpha value is -2.33. The van der Waals surface area contributed by atoms with Crippen LogP contribution in [0.5, 0.6) is 0 Å². The molecular weight excluding hydrogens is 494 g/mol. The van der Waals surface area contributed by atoms with Gasteiger partial charge in [-0.15, -0.1) is 11.8 Å². The second-order valence-electron chi connectivity index (χ2n) is 9.70. The monoisotopic (exact) mass is 525 g/mol. The van der Waals surface area contributed by atoms with Crippen molar-refractivity contribution in [1.82, 2.24) is 19.9 Å². The lowest BCUT2D eigenvalue weighted by atomic mass is 10.1. The van der Waals surface area contributed by atoms with E-state index in [9.17, 15) is 0 Å². The van der Waals surface area contributed by atoms with Crippen LogP contribution in [0.1, 0.15) is 25.0 Å². The van der Waals surface area contributed by atoms with E-state index in [1.54, 1.807) is 0 Å². The van der Waals surface area contributed by atoms with E-state index in [2.05, 4.69) is 36.1 Å². The number of halogens is 1. The second-order valence-corrected chi connectivity index (χ2v) is 11.1. The van der Waals surface area contributed by atoms with E-state index >= 15 is 0 Å². The first-order valence-electron chi connectivity index (χ1n) is 12.8. The van der Waals surface area contributed by atoms with E-state index in [0.717, 1.165) is 109 Å². The number of nitrogens with one attached hydrogen (secondary N) is 2. The van der Waals surface area contributed by atoms with E-state index in [-0.39, 0.29) is 0 Å². The topological polar surface area (TPSA) is 81.7 Å². The van der Waals surface area contributed by atoms with E-state index in [1.807, 2.05) is 42.4 Å². The second kappa shape index (κ2) is 11.0. The van der Waals surface area contributed by atoms with E-state index < -0.39 is 0 Å². The standard InChI is InChI=1S/C26H32ClN7OS/c27-19-14-18-15-23(32-24(18)22(16-19)30-20-3-12-35-13-4-20)25-31-21(17-36-25)2-7-33-8-10-34(11-9-33)26-28-5-1-6-29-26/h1,5-6,14-16,20-21,30,32H,2-4,7-13,17H2/t21-/m1/s1. The Morgan fingerprint density at radius 3 is 2.69 bits per heavy atom. The number of aromatic nitrogens is 3. The molecule has 36 heavy (non-hydrogen) atoms. The summed E-state index contributed by atoms with van der Waals surface area (Å²) in [5.41, 5.74) is 3.26. The maximum absolute atomic E-state index is 6.46. The molecule has 0 unspecified atom stereocenters. The molecule has 6 rings (SSSR count). The van der Waals surface area contributed by atoms with Crippen LogP contribution in [-0.4, -0.2) is 88.7 Å². The van der Waals surface area contributed by atoms with Gasteiger partial charge in [0.2, 0.25) is 5.95 Å². The Morgan fingerprint density at radius 2 is 1.89 bits per heavy atom. The molecule has 1 atom stereocenters. The zero-order chi connectivity index (χ0) is 24.3. The van der Waals surface area contributed by atoms with Crippen LogP contribution < -0.4 is 10.2 Å². The smallest absolute Gasteiger partial charge is 0.225 e. The van der Waals surface area contributed by atoms with Crippen molar-refractivity contribution in [3.8, 4) is 0 Å². The van der Waals surface area contributed by atoms with Crippen molar-refractivity contribution < 1.29 is 4.74 Å². The molecule has 1 aromatic carbocycles. The predicted molar refractivity (Wildman–Crippen MR) is 149 cm³/mol. The Labute approximate surface area is 220 Å². The molecule has 0 amide bonds. The minimum atomic E-state index is 0.357. The summed E-state index contributed by atoms with van der Waals surface area (Å²) >= 11 is 8.32. The molecule has 2 saturated heterocycles. The number of aromatic amines is 1. The van der Waals surface area contributed by atoms with Gasteiger partial charge in [-0.2, -0.15) is 0 Å². The van der Waals surface area contributed by atoms with Crippen LogP contribution in [0.25, 0.3) is 10.9 Å². The van der Waals surface area contributed by atoms with Crippen LogP contribution in [0.4, 0.5) is 11.6 Å². The number of anilines is 2. The molecule has 10 heteroatoms. The summed E-state index contributed by atoms with van der Waals surface area (Å²) in [6.45, 7) is 6.72. The number of nitrogens with zero attached hydrogens (tertiary/aromatic N) is 5. The molecule has 5 heterocycles. The number of aliphatic imine (C=N–C) groups is 1. The highest BCUT2D eigenvalue weighted by Crippen LogP contribution is 2.33. The fraction of sp³-hybridized carbons (Fsp3) is 0.500. The zero-order valence-corrected chi connectivity index (χ0v) is 21.9. The number of piperazine rings is 1. The highest BCUT2D eigenvalue weighted by atomic mass is 35.5. The van der Waals surface area contributed by atoms with Gasteiger partial charge in [-0.05, 0) is 43.5 Å². The highest BCUT2D eigenvalue weighted by Gasteiger charge is 2.24. The van der Waals surface area contributed by atoms with E-state index in [0.29, 0.717) is 12.1 Å². The van der Waals surface area contributed by atoms with Crippen molar-refractivity contribution in [2.45, 2.75) is 31.3 Å². The Kier molecular flexibility index (Phi) is 7.32. The van der Waals surface area contributed by atoms with Gasteiger partial charge in [0.1, 0.15) is 5.04 Å². The molecule has 3 aliphatic rings. The van der Waals surface area contributed by atoms with Gasteiger partial charge in [0.15, 0.2) is 0 Å². The third kappa shape index (κ3) is 5.49. The minimum Gasteiger partial charge on any atom is -0.381 e. The number of thioether (sulfide) groups is 1. The zero-order valence-electron chi connectivity index (χ0n) is 20.3. The van der Waals surface area contributed by atoms with Gasteiger partial charge in [-0.25, -0.2) is 9.97 Å². The molecule has 0 spiro atoms. The quantitative estimate of drug-likeness (QED) is 0.476. The highest BCUT2D eigenvalue weighted by molar-refractivity contribution is 8.14. The van der Waals surface area contributed by atoms with Gasteiger partial charge < -0.3 is 19.9 Å². The van der Waals surface area contributed by atoms with Gasteiger partial charge >= 0.3 is 0 Å². The number of fused-ring (bicyclic) bond motifs is 1. The molecule has 190 valence electrons. The Balaban J connectivity index is 1.07. The number of ether oxygens (including phenoxy) is 1. The summed E-state index contributed by atoms with van der Waals surface area (Å²) in [6, 6.07) is 8.88. The molecule has 0 aliphatic carbocycles. The molecule has 0 bridgehead atoms. The van der Waals surface area contributed by atoms with Gasteiger partial charge in [0.25, 0.3) is 0 Å². The number of hydrogen-bond acceptors (Lipinski definition) is 8. The molecule has 3 aliphatic heterocycles. The van der Waals surface area contributed by atoms with Gasteiger partial charge in [-0.1, -0.05) is 11.6 Å². The normalized spacial score (nSPS) is 21.8. The fourth-order valence-corrected chi connectivity index (χ4v) is 6.47. The first-order valence-corrected chi connectivity index (χ1v) is 14.2. The van der Waals surface area contributed by atoms with Crippen LogP contribution in [0.3, 0.4) is 0 Å². The summed E-state index contributed by atoms with van der Waals surface area (Å²) in [5, 5.41) is 6.67. The number of hydrogen-bond donors (Lipinski definition) is 2. The average Bonchev–Trinajstić information content (AvgIpc) is 3.56. The van der Waals surface area contributed by atoms with Crippen molar-refractivity contribution in [3.63, 3.8) is 0 Å². The van der Waals surface area contributed by atoms with Crippen LogP contribution >= 0.6 is 23.4 Å². The van der Waals surface area contributed by atoms with Crippen molar-refractivity contribution >= 4 is 50.9 Å². The molecular formula is C26H32ClN7OS. The summed E-state index contributed by atoms with van der Waals surface area (Å²) in [4.78, 5) is 22.3. The molecule has 2 fully saturated rings. The van der Waals surface area contributed by atoms with E-state index in [1.165, 1.54) is 0 Å². The lowest BCUT2D eigenvalue weighted by Crippen LogP contribution is -2.47. The summed E-state index contributed by atoms with van der Waals surface area (Å²) in [6.07, 6.45) is 6.74. The molecule has 0 saturated carbocycles. The van der Waals surface area contributed by atoms with Gasteiger partial charge in [0, 0.05) is 80.5 Å². The largest absolute Gasteiger partial charge is 0.381 e. The lowest BCUT2D eigenvalue weighted by molar-refractivity contribution is 0.0905. The van der Waals surface area contributed by atoms with Crippen molar-refractivity contribution in [1.29, 1.82) is 0 Å². The van der Waals surface area contributed by atoms with Crippen molar-refractivity contribution in [2.75, 3.05) is 61.9 Å². The molecule has 0 radical (unpaired) electrons. The first-order chi connectivity index (χ1) is 17.7. The van der Waals surface area contributed by atoms with Crippen LogP contribution in [0.2, 0.25) is 5.02 Å². The lowest BCUT2D eigenvalue weighted by Gasteiger charge is -2.34. The number of benzene rings is 1. The third-order valence-corrected chi connectivity index (χ3v) is 8.57. The molecule has 2 N–H and O–H groups in total. The van der Waals surface area contributed by atoms with E-state index in [4.69, 9.17) is 21.3 Å². The number of rotatable bonds is 7. The van der Waals surface area contributed by atoms with Crippen molar-refractivity contribution in [2.24, 2.45) is 4.99 Å². The maximum atomic E-state index is 6.46. The van der Waals surface area contributed by atoms with Crippen LogP contribution in [0.15, 0.2) is 41.7 Å². The molecule has 3 aromatic rings. The summed E-state index contributed by atoms with van der Waals surface area (Å²) in [7, 11) is 0. The van der Waals surface area contributed by atoms with Crippen LogP contribution in [0, 0.1) is 0 Å². The number of H-pyrrole nitrogens is 1. The summed E-state index contributed by atoms with van der Waals surface area (Å²) in [5.74, 6) is 1.88. The van der Waals surface area contributed by atoms with Gasteiger partial charge in [0.05, 0.1) is 22.9 Å². The van der Waals surface area contributed by atoms with Crippen molar-refractivity contribution in [3.05, 3.63) is 47.4 Å². The maximum Gasteiger partial charge on any atom is 0.225 e.